The van der Waals surface area contributed by atoms with Gasteiger partial charge in [-0.3, -0.25) is 9.59 Å². The van der Waals surface area contributed by atoms with Crippen molar-refractivity contribution in [3.8, 4) is 23.1 Å². The van der Waals surface area contributed by atoms with Crippen LogP contribution < -0.4 is 29.6 Å². The average molecular weight is 501 g/mol. The molecule has 1 aromatic carbocycles. The number of benzene rings is 1. The number of nitrogens with zero attached hydrogens (tertiary/aromatic N) is 1. The molecule has 0 spiro atoms. The highest BCUT2D eigenvalue weighted by Gasteiger charge is 2.69. The van der Waals surface area contributed by atoms with Crippen molar-refractivity contribution in [3.63, 3.8) is 0 Å². The molecule has 0 radical (unpaired) electrons. The van der Waals surface area contributed by atoms with Crippen molar-refractivity contribution in [2.75, 3.05) is 6.61 Å². The van der Waals surface area contributed by atoms with Crippen LogP contribution in [0.4, 0.5) is 22.0 Å². The number of pyridine rings is 1. The molecule has 14 heteroatoms. The predicted octanol–water partition coefficient (Wildman–Crippen LogP) is 2.90. The highest BCUT2D eigenvalue weighted by molar-refractivity contribution is 5.95. The average Bonchev–Trinajstić information content (AvgIpc) is 3.02. The zero-order valence-electron chi connectivity index (χ0n) is 17.6. The third-order valence-electron chi connectivity index (χ3n) is 5.78. The minimum atomic E-state index is -4.88. The van der Waals surface area contributed by atoms with Crippen LogP contribution in [0.1, 0.15) is 29.6 Å². The van der Waals surface area contributed by atoms with Crippen LogP contribution in [0.5, 0.6) is 23.1 Å². The highest BCUT2D eigenvalue weighted by atomic mass is 19.4. The van der Waals surface area contributed by atoms with Crippen LogP contribution in [0, 0.1) is 0 Å². The molecule has 4 aliphatic rings. The predicted molar refractivity (Wildman–Crippen MR) is 104 cm³/mol. The number of ether oxygens (including phenoxy) is 4. The van der Waals surface area contributed by atoms with E-state index >= 15 is 0 Å². The molecule has 2 N–H and O–H groups in total. The largest absolute Gasteiger partial charge is 0.586 e. The quantitative estimate of drug-likeness (QED) is 0.562. The van der Waals surface area contributed by atoms with Gasteiger partial charge in [0.25, 0.3) is 11.8 Å². The normalized spacial score (nSPS) is 25.1. The lowest BCUT2D eigenvalue weighted by molar-refractivity contribution is -0.286. The van der Waals surface area contributed by atoms with Gasteiger partial charge in [0.05, 0.1) is 5.56 Å². The summed E-state index contributed by atoms with van der Waals surface area (Å²) in [6, 6.07) is 5.90. The Labute approximate surface area is 193 Å². The number of aromatic nitrogens is 1. The van der Waals surface area contributed by atoms with Crippen molar-refractivity contribution in [2.45, 2.75) is 43.0 Å². The molecule has 3 fully saturated rings. The van der Waals surface area contributed by atoms with E-state index in [0.717, 1.165) is 12.3 Å². The molecule has 2 heterocycles. The van der Waals surface area contributed by atoms with Crippen LogP contribution in [-0.2, 0) is 4.79 Å². The summed E-state index contributed by atoms with van der Waals surface area (Å²) in [5, 5.41) is 5.65. The van der Waals surface area contributed by atoms with Crippen LogP contribution in [0.2, 0.25) is 0 Å². The Bertz CT molecular complexity index is 1170. The van der Waals surface area contributed by atoms with E-state index in [-0.39, 0.29) is 29.4 Å². The van der Waals surface area contributed by atoms with Gasteiger partial charge in [-0.05, 0) is 37.5 Å². The summed E-state index contributed by atoms with van der Waals surface area (Å²) in [5.74, 6) is -1.83. The van der Waals surface area contributed by atoms with Crippen LogP contribution >= 0.6 is 0 Å². The molecule has 0 unspecified atom stereocenters. The van der Waals surface area contributed by atoms with Gasteiger partial charge in [-0.15, -0.1) is 22.0 Å². The molecule has 35 heavy (non-hydrogen) atoms. The maximum atomic E-state index is 13.1. The van der Waals surface area contributed by atoms with Gasteiger partial charge in [0.2, 0.25) is 5.88 Å². The zero-order valence-corrected chi connectivity index (χ0v) is 17.6. The Balaban J connectivity index is 1.07. The molecule has 2 bridgehead atoms. The summed E-state index contributed by atoms with van der Waals surface area (Å²) in [6.45, 7) is -0.366. The third-order valence-corrected chi connectivity index (χ3v) is 5.78. The Morgan fingerprint density at radius 3 is 2.34 bits per heavy atom. The summed E-state index contributed by atoms with van der Waals surface area (Å²) in [4.78, 5) is 28.1. The zero-order chi connectivity index (χ0) is 25.1. The lowest BCUT2D eigenvalue weighted by atomic mass is 9.44. The molecule has 0 saturated heterocycles. The second kappa shape index (κ2) is 7.58. The summed E-state index contributed by atoms with van der Waals surface area (Å²) in [5.41, 5.74) is -0.945. The summed E-state index contributed by atoms with van der Waals surface area (Å²) in [6.07, 6.45) is -6.24. The molecule has 1 aromatic heterocycles. The molecule has 6 rings (SSSR count). The van der Waals surface area contributed by atoms with Crippen LogP contribution in [0.3, 0.4) is 0 Å². The van der Waals surface area contributed by atoms with E-state index in [1.807, 2.05) is 0 Å². The Hall–Kier alpha value is -3.84. The molecule has 0 atom stereocenters. The van der Waals surface area contributed by atoms with Gasteiger partial charge in [-0.2, -0.15) is 0 Å². The molecule has 3 saturated carbocycles. The monoisotopic (exact) mass is 501 g/mol. The molecule has 3 aliphatic carbocycles. The van der Waals surface area contributed by atoms with Crippen LogP contribution in [0.15, 0.2) is 36.5 Å². The fourth-order valence-corrected chi connectivity index (χ4v) is 4.56. The van der Waals surface area contributed by atoms with Crippen molar-refractivity contribution >= 4 is 11.8 Å². The number of hydrogen-bond donors (Lipinski definition) is 2. The molecular weight excluding hydrogens is 485 g/mol. The molecule has 9 nitrogen and oxygen atoms in total. The van der Waals surface area contributed by atoms with Gasteiger partial charge in [0.15, 0.2) is 18.1 Å². The van der Waals surface area contributed by atoms with Crippen molar-refractivity contribution in [1.82, 2.24) is 15.6 Å². The fourth-order valence-electron chi connectivity index (χ4n) is 4.56. The van der Waals surface area contributed by atoms with E-state index < -0.39 is 41.4 Å². The van der Waals surface area contributed by atoms with E-state index in [4.69, 9.17) is 4.74 Å². The van der Waals surface area contributed by atoms with E-state index in [2.05, 4.69) is 29.8 Å². The SMILES string of the molecule is O=C(COc1ccc2c(c1)OC(F)(F)O2)NC12CC(NC(=O)c3ccc(OC(F)(F)F)nc3)(C1)C2. The summed E-state index contributed by atoms with van der Waals surface area (Å²) < 4.78 is 80.4. The van der Waals surface area contributed by atoms with Gasteiger partial charge in [0.1, 0.15) is 5.75 Å². The second-order valence-corrected chi connectivity index (χ2v) is 8.59. The highest BCUT2D eigenvalue weighted by Crippen LogP contribution is 2.60. The molecule has 2 amide bonds. The lowest BCUT2D eigenvalue weighted by Gasteiger charge is -2.70. The van der Waals surface area contributed by atoms with E-state index in [0.29, 0.717) is 19.3 Å². The number of carbonyl (C=O) groups excluding carboxylic acids is 2. The minimum absolute atomic E-state index is 0.0669. The third kappa shape index (κ3) is 4.72. The first-order valence-corrected chi connectivity index (χ1v) is 10.2. The van der Waals surface area contributed by atoms with E-state index in [1.54, 1.807) is 0 Å². The van der Waals surface area contributed by atoms with Crippen LogP contribution in [-0.4, -0.2) is 47.1 Å². The van der Waals surface area contributed by atoms with Gasteiger partial charge >= 0.3 is 12.7 Å². The second-order valence-electron chi connectivity index (χ2n) is 8.59. The minimum Gasteiger partial charge on any atom is -0.484 e. The van der Waals surface area contributed by atoms with Crippen molar-refractivity contribution in [1.29, 1.82) is 0 Å². The number of rotatable bonds is 7. The Morgan fingerprint density at radius 1 is 1.00 bits per heavy atom. The maximum absolute atomic E-state index is 13.1. The number of amides is 2. The van der Waals surface area contributed by atoms with Crippen molar-refractivity contribution in [2.24, 2.45) is 0 Å². The number of halogens is 5. The van der Waals surface area contributed by atoms with Gasteiger partial charge < -0.3 is 29.6 Å². The summed E-state index contributed by atoms with van der Waals surface area (Å²) >= 11 is 0. The van der Waals surface area contributed by atoms with Gasteiger partial charge in [0, 0.05) is 29.4 Å². The Morgan fingerprint density at radius 2 is 1.69 bits per heavy atom. The van der Waals surface area contributed by atoms with E-state index in [9.17, 15) is 31.5 Å². The maximum Gasteiger partial charge on any atom is 0.586 e. The number of carbonyl (C=O) groups is 2. The fraction of sp³-hybridized carbons (Fsp3) is 0.381. The van der Waals surface area contributed by atoms with E-state index in [1.165, 1.54) is 24.3 Å². The molecular formula is C21H16F5N3O6. The van der Waals surface area contributed by atoms with Crippen molar-refractivity contribution in [3.05, 3.63) is 42.1 Å². The number of alkyl halides is 5. The molecule has 1 aliphatic heterocycles. The molecule has 2 aromatic rings. The number of fused-ring (bicyclic) bond motifs is 1. The topological polar surface area (TPSA) is 108 Å². The Kier molecular flexibility index (Phi) is 4.97. The first-order valence-electron chi connectivity index (χ1n) is 10.2. The van der Waals surface area contributed by atoms with Gasteiger partial charge in [-0.25, -0.2) is 4.98 Å². The van der Waals surface area contributed by atoms with Crippen molar-refractivity contribution < 1.29 is 50.5 Å². The lowest BCUT2D eigenvalue weighted by Crippen LogP contribution is -2.84. The first-order chi connectivity index (χ1) is 16.3. The summed E-state index contributed by atoms with van der Waals surface area (Å²) in [7, 11) is 0. The first kappa shape index (κ1) is 22.9. The van der Waals surface area contributed by atoms with Crippen LogP contribution in [0.25, 0.3) is 0 Å². The number of hydrogen-bond acceptors (Lipinski definition) is 7. The molecule has 186 valence electrons. The van der Waals surface area contributed by atoms with Gasteiger partial charge in [-0.1, -0.05) is 0 Å². The number of nitrogens with one attached hydrogen (secondary N) is 2. The smallest absolute Gasteiger partial charge is 0.484 e. The standard InChI is InChI=1S/C21H16F5N3O6/c22-20(23,24)35-16-4-1-11(6-27-16)17(31)29-19-8-18(9-19,10-19)28-15(30)7-32-12-2-3-13-14(5-12)34-21(25,26)33-13/h1-6H,7-10H2,(H,28,30)(H,29,31).